The number of benzene rings is 1. The lowest BCUT2D eigenvalue weighted by Crippen LogP contribution is -2.32. The minimum absolute atomic E-state index is 0.103. The van der Waals surface area contributed by atoms with E-state index in [1.807, 2.05) is 12.1 Å². The van der Waals surface area contributed by atoms with Crippen LogP contribution < -0.4 is 5.73 Å². The van der Waals surface area contributed by atoms with E-state index in [-0.39, 0.29) is 6.04 Å². The normalized spacial score (nSPS) is 27.0. The molecule has 0 aliphatic heterocycles. The molecular formula is C10H12BrNO. The van der Waals surface area contributed by atoms with Gasteiger partial charge in [-0.25, -0.2) is 0 Å². The summed E-state index contributed by atoms with van der Waals surface area (Å²) in [4.78, 5) is 0. The number of aliphatic hydroxyl groups is 1. The van der Waals surface area contributed by atoms with Crippen LogP contribution >= 0.6 is 15.9 Å². The van der Waals surface area contributed by atoms with Crippen LogP contribution in [-0.2, 0) is 6.42 Å². The van der Waals surface area contributed by atoms with Crippen molar-refractivity contribution in [1.82, 2.24) is 0 Å². The minimum atomic E-state index is -0.489. The quantitative estimate of drug-likeness (QED) is 0.728. The molecule has 0 unspecified atom stereocenters. The predicted molar refractivity (Wildman–Crippen MR) is 55.4 cm³/mol. The third-order valence-corrected chi connectivity index (χ3v) is 3.07. The maximum absolute atomic E-state index is 9.78. The Hall–Kier alpha value is -0.380. The molecule has 2 rings (SSSR count). The van der Waals surface area contributed by atoms with E-state index in [0.717, 1.165) is 22.9 Å². The number of hydrogen-bond donors (Lipinski definition) is 2. The molecule has 3 N–H and O–H groups in total. The monoisotopic (exact) mass is 241 g/mol. The van der Waals surface area contributed by atoms with E-state index in [0.29, 0.717) is 0 Å². The van der Waals surface area contributed by atoms with E-state index in [1.54, 1.807) is 0 Å². The molecular weight excluding hydrogens is 230 g/mol. The summed E-state index contributed by atoms with van der Waals surface area (Å²) >= 11 is 3.41. The van der Waals surface area contributed by atoms with Gasteiger partial charge in [-0.1, -0.05) is 22.0 Å². The molecule has 1 aliphatic carbocycles. The Kier molecular flexibility index (Phi) is 2.41. The van der Waals surface area contributed by atoms with Gasteiger partial charge >= 0.3 is 0 Å². The highest BCUT2D eigenvalue weighted by Gasteiger charge is 2.24. The number of aryl methyl sites for hydroxylation is 1. The minimum Gasteiger partial charge on any atom is -0.387 e. The first-order valence-corrected chi connectivity index (χ1v) is 5.20. The van der Waals surface area contributed by atoms with Gasteiger partial charge < -0.3 is 10.8 Å². The van der Waals surface area contributed by atoms with Crippen LogP contribution in [0.4, 0.5) is 0 Å². The van der Waals surface area contributed by atoms with Gasteiger partial charge in [-0.2, -0.15) is 0 Å². The Morgan fingerprint density at radius 3 is 3.00 bits per heavy atom. The molecule has 0 saturated carbocycles. The fraction of sp³-hybridized carbons (Fsp3) is 0.400. The number of rotatable bonds is 0. The maximum atomic E-state index is 9.78. The van der Waals surface area contributed by atoms with Crippen LogP contribution in [0.2, 0.25) is 0 Å². The van der Waals surface area contributed by atoms with Gasteiger partial charge in [-0.3, -0.25) is 0 Å². The Morgan fingerprint density at radius 2 is 2.23 bits per heavy atom. The van der Waals surface area contributed by atoms with Crippen molar-refractivity contribution in [3.05, 3.63) is 33.8 Å². The van der Waals surface area contributed by atoms with Crippen molar-refractivity contribution >= 4 is 15.9 Å². The van der Waals surface area contributed by atoms with Crippen LogP contribution in [0.5, 0.6) is 0 Å². The first kappa shape index (κ1) is 9.19. The molecule has 13 heavy (non-hydrogen) atoms. The van der Waals surface area contributed by atoms with Crippen molar-refractivity contribution in [2.45, 2.75) is 25.0 Å². The summed E-state index contributed by atoms with van der Waals surface area (Å²) in [6, 6.07) is 5.85. The van der Waals surface area contributed by atoms with Crippen molar-refractivity contribution in [2.24, 2.45) is 5.73 Å². The van der Waals surface area contributed by atoms with E-state index in [4.69, 9.17) is 5.73 Å². The number of hydrogen-bond acceptors (Lipinski definition) is 2. The van der Waals surface area contributed by atoms with Crippen molar-refractivity contribution in [1.29, 1.82) is 0 Å². The number of nitrogens with two attached hydrogens (primary N) is 1. The Balaban J connectivity index is 2.44. The second-order valence-corrected chi connectivity index (χ2v) is 4.41. The fourth-order valence-electron chi connectivity index (χ4n) is 1.79. The van der Waals surface area contributed by atoms with Crippen LogP contribution in [0.1, 0.15) is 23.7 Å². The first-order chi connectivity index (χ1) is 6.18. The topological polar surface area (TPSA) is 46.2 Å². The lowest BCUT2D eigenvalue weighted by molar-refractivity contribution is 0.134. The van der Waals surface area contributed by atoms with E-state index < -0.39 is 6.10 Å². The summed E-state index contributed by atoms with van der Waals surface area (Å²) in [5, 5.41) is 9.78. The molecule has 0 heterocycles. The zero-order chi connectivity index (χ0) is 9.42. The second kappa shape index (κ2) is 3.40. The van der Waals surface area contributed by atoms with E-state index >= 15 is 0 Å². The average molecular weight is 242 g/mol. The molecule has 0 radical (unpaired) electrons. The van der Waals surface area contributed by atoms with Gasteiger partial charge in [0.1, 0.15) is 0 Å². The summed E-state index contributed by atoms with van der Waals surface area (Å²) in [6.45, 7) is 0. The predicted octanol–water partition coefficient (Wildman–Crippen LogP) is 1.76. The molecule has 0 fully saturated rings. The van der Waals surface area contributed by atoms with E-state index in [2.05, 4.69) is 22.0 Å². The molecule has 1 aromatic rings. The molecule has 1 aliphatic rings. The average Bonchev–Trinajstić information content (AvgIpc) is 2.12. The van der Waals surface area contributed by atoms with Gasteiger partial charge in [-0.05, 0) is 36.1 Å². The molecule has 0 spiro atoms. The van der Waals surface area contributed by atoms with Crippen LogP contribution in [0.3, 0.4) is 0 Å². The summed E-state index contributed by atoms with van der Waals surface area (Å²) in [6.07, 6.45) is 1.34. The standard InChI is InChI=1S/C10H12BrNO/c11-7-2-3-8-6(5-7)1-4-9(12)10(8)13/h2-3,5,9-10,13H,1,4,12H2/t9-,10+/m1/s1. The van der Waals surface area contributed by atoms with E-state index in [1.165, 1.54) is 5.56 Å². The fourth-order valence-corrected chi connectivity index (χ4v) is 2.20. The molecule has 0 bridgehead atoms. The third-order valence-electron chi connectivity index (χ3n) is 2.58. The Morgan fingerprint density at radius 1 is 1.46 bits per heavy atom. The van der Waals surface area contributed by atoms with Crippen LogP contribution in [-0.4, -0.2) is 11.1 Å². The summed E-state index contributed by atoms with van der Waals surface area (Å²) in [7, 11) is 0. The smallest absolute Gasteiger partial charge is 0.0943 e. The van der Waals surface area contributed by atoms with Crippen LogP contribution in [0.15, 0.2) is 22.7 Å². The highest BCUT2D eigenvalue weighted by molar-refractivity contribution is 9.10. The number of aliphatic hydroxyl groups excluding tert-OH is 1. The number of halogens is 1. The Bertz CT molecular complexity index is 327. The largest absolute Gasteiger partial charge is 0.387 e. The molecule has 0 amide bonds. The van der Waals surface area contributed by atoms with Gasteiger partial charge in [0.15, 0.2) is 0 Å². The molecule has 0 saturated heterocycles. The summed E-state index contributed by atoms with van der Waals surface area (Å²) in [5.74, 6) is 0. The van der Waals surface area contributed by atoms with Crippen LogP contribution in [0, 0.1) is 0 Å². The van der Waals surface area contributed by atoms with Gasteiger partial charge in [0, 0.05) is 10.5 Å². The van der Waals surface area contributed by atoms with Crippen molar-refractivity contribution < 1.29 is 5.11 Å². The van der Waals surface area contributed by atoms with Crippen LogP contribution in [0.25, 0.3) is 0 Å². The molecule has 2 atom stereocenters. The highest BCUT2D eigenvalue weighted by Crippen LogP contribution is 2.30. The SMILES string of the molecule is N[C@@H]1CCc2cc(Br)ccc2[C@@H]1O. The van der Waals surface area contributed by atoms with Gasteiger partial charge in [0.2, 0.25) is 0 Å². The van der Waals surface area contributed by atoms with E-state index in [9.17, 15) is 5.11 Å². The molecule has 70 valence electrons. The van der Waals surface area contributed by atoms with Gasteiger partial charge in [0.25, 0.3) is 0 Å². The zero-order valence-electron chi connectivity index (χ0n) is 7.20. The molecule has 1 aromatic carbocycles. The van der Waals surface area contributed by atoms with Crippen molar-refractivity contribution in [2.75, 3.05) is 0 Å². The lowest BCUT2D eigenvalue weighted by atomic mass is 9.86. The molecule has 0 aromatic heterocycles. The lowest BCUT2D eigenvalue weighted by Gasteiger charge is -2.27. The summed E-state index contributed by atoms with van der Waals surface area (Å²) < 4.78 is 1.06. The molecule has 3 heteroatoms. The highest BCUT2D eigenvalue weighted by atomic mass is 79.9. The third kappa shape index (κ3) is 1.64. The Labute approximate surface area is 85.9 Å². The zero-order valence-corrected chi connectivity index (χ0v) is 8.79. The summed E-state index contributed by atoms with van der Waals surface area (Å²) in [5.41, 5.74) is 7.97. The van der Waals surface area contributed by atoms with Gasteiger partial charge in [-0.15, -0.1) is 0 Å². The first-order valence-electron chi connectivity index (χ1n) is 4.40. The number of fused-ring (bicyclic) bond motifs is 1. The second-order valence-electron chi connectivity index (χ2n) is 3.49. The van der Waals surface area contributed by atoms with Gasteiger partial charge in [0.05, 0.1) is 6.10 Å². The maximum Gasteiger partial charge on any atom is 0.0943 e. The van der Waals surface area contributed by atoms with Crippen molar-refractivity contribution in [3.8, 4) is 0 Å². The molecule has 2 nitrogen and oxygen atoms in total. The van der Waals surface area contributed by atoms with Crippen molar-refractivity contribution in [3.63, 3.8) is 0 Å².